The number of ether oxygens (including phenoxy) is 5. The monoisotopic (exact) mass is 380 g/mol. The van der Waals surface area contributed by atoms with Gasteiger partial charge in [-0.05, 0) is 29.8 Å². The predicted octanol–water partition coefficient (Wildman–Crippen LogP) is 3.63. The Morgan fingerprint density at radius 1 is 0.964 bits per heavy atom. The maximum Gasteiger partial charge on any atom is 0.339 e. The summed E-state index contributed by atoms with van der Waals surface area (Å²) < 4.78 is 27.2. The molecule has 3 aromatic carbocycles. The SMILES string of the molecule is COc1ccc(-c2c3c(c(O)c4ccc5c(c24)OCO5)COC3=O)cc1OC. The Bertz CT molecular complexity index is 1150. The molecule has 28 heavy (non-hydrogen) atoms. The van der Waals surface area contributed by atoms with Crippen LogP contribution in [0.15, 0.2) is 30.3 Å². The fourth-order valence-electron chi connectivity index (χ4n) is 3.83. The van der Waals surface area contributed by atoms with Gasteiger partial charge in [0.1, 0.15) is 12.4 Å². The summed E-state index contributed by atoms with van der Waals surface area (Å²) >= 11 is 0. The smallest absolute Gasteiger partial charge is 0.339 e. The molecule has 3 aromatic rings. The molecule has 0 aromatic heterocycles. The lowest BCUT2D eigenvalue weighted by molar-refractivity contribution is 0.0535. The first-order valence-corrected chi connectivity index (χ1v) is 8.63. The maximum absolute atomic E-state index is 12.6. The molecule has 0 spiro atoms. The molecule has 0 atom stereocenters. The number of methoxy groups -OCH3 is 2. The Morgan fingerprint density at radius 3 is 2.57 bits per heavy atom. The number of esters is 1. The highest BCUT2D eigenvalue weighted by Gasteiger charge is 2.34. The van der Waals surface area contributed by atoms with Gasteiger partial charge in [-0.1, -0.05) is 6.07 Å². The van der Waals surface area contributed by atoms with E-state index in [0.717, 1.165) is 0 Å². The first-order valence-electron chi connectivity index (χ1n) is 8.63. The number of phenolic OH excluding ortho intramolecular Hbond substituents is 1. The van der Waals surface area contributed by atoms with Crippen LogP contribution in [0.5, 0.6) is 28.7 Å². The molecule has 1 N–H and O–H groups in total. The highest BCUT2D eigenvalue weighted by molar-refractivity contribution is 6.15. The number of carbonyl (C=O) groups is 1. The molecule has 0 bridgehead atoms. The number of aromatic hydroxyl groups is 1. The molecule has 7 heteroatoms. The highest BCUT2D eigenvalue weighted by Crippen LogP contribution is 2.51. The van der Waals surface area contributed by atoms with Gasteiger partial charge < -0.3 is 28.8 Å². The molecule has 0 fully saturated rings. The van der Waals surface area contributed by atoms with Crippen LogP contribution in [0.4, 0.5) is 0 Å². The zero-order valence-electron chi connectivity index (χ0n) is 15.2. The average molecular weight is 380 g/mol. The number of hydrogen-bond acceptors (Lipinski definition) is 7. The van der Waals surface area contributed by atoms with E-state index in [-0.39, 0.29) is 19.1 Å². The molecule has 142 valence electrons. The van der Waals surface area contributed by atoms with Crippen LogP contribution >= 0.6 is 0 Å². The van der Waals surface area contributed by atoms with Crippen molar-refractivity contribution in [3.05, 3.63) is 41.5 Å². The highest BCUT2D eigenvalue weighted by atomic mass is 16.7. The Kier molecular flexibility index (Phi) is 3.52. The molecule has 2 aliphatic rings. The summed E-state index contributed by atoms with van der Waals surface area (Å²) in [5.74, 6) is 1.65. The molecular formula is C21H16O7. The van der Waals surface area contributed by atoms with Crippen LogP contribution in [0.2, 0.25) is 0 Å². The van der Waals surface area contributed by atoms with Crippen LogP contribution in [0.1, 0.15) is 15.9 Å². The third kappa shape index (κ3) is 2.13. The van der Waals surface area contributed by atoms with Crippen molar-refractivity contribution in [2.24, 2.45) is 0 Å². The number of cyclic esters (lactones) is 1. The average Bonchev–Trinajstić information content (AvgIpc) is 3.35. The van der Waals surface area contributed by atoms with E-state index < -0.39 is 5.97 Å². The van der Waals surface area contributed by atoms with E-state index in [4.69, 9.17) is 23.7 Å². The molecule has 0 amide bonds. The molecule has 5 rings (SSSR count). The Hall–Kier alpha value is -3.61. The van der Waals surface area contributed by atoms with Gasteiger partial charge in [-0.3, -0.25) is 0 Å². The number of benzene rings is 3. The largest absolute Gasteiger partial charge is 0.507 e. The van der Waals surface area contributed by atoms with Gasteiger partial charge in [-0.25, -0.2) is 4.79 Å². The quantitative estimate of drug-likeness (QED) is 0.695. The summed E-state index contributed by atoms with van der Waals surface area (Å²) in [5, 5.41) is 12.0. The van der Waals surface area contributed by atoms with Crippen LogP contribution in [0, 0.1) is 0 Å². The summed E-state index contributed by atoms with van der Waals surface area (Å²) in [6.45, 7) is 0.0901. The van der Waals surface area contributed by atoms with E-state index in [1.54, 1.807) is 38.5 Å². The minimum absolute atomic E-state index is 0.0124. The molecular weight excluding hydrogens is 364 g/mol. The number of fused-ring (bicyclic) bond motifs is 4. The summed E-state index contributed by atoms with van der Waals surface area (Å²) in [6.07, 6.45) is 0. The zero-order valence-corrected chi connectivity index (χ0v) is 15.2. The number of phenols is 1. The second kappa shape index (κ2) is 5.95. The Labute approximate surface area is 160 Å². The lowest BCUT2D eigenvalue weighted by atomic mass is 9.89. The van der Waals surface area contributed by atoms with Crippen molar-refractivity contribution in [1.29, 1.82) is 0 Å². The molecule has 0 unspecified atom stereocenters. The van der Waals surface area contributed by atoms with Gasteiger partial charge in [0.2, 0.25) is 6.79 Å². The predicted molar refractivity (Wildman–Crippen MR) is 99.4 cm³/mol. The third-order valence-electron chi connectivity index (χ3n) is 5.11. The zero-order chi connectivity index (χ0) is 19.4. The lowest BCUT2D eigenvalue weighted by Gasteiger charge is -2.16. The minimum Gasteiger partial charge on any atom is -0.507 e. The summed E-state index contributed by atoms with van der Waals surface area (Å²) in [7, 11) is 3.10. The molecule has 0 radical (unpaired) electrons. The van der Waals surface area contributed by atoms with E-state index in [1.165, 1.54) is 0 Å². The number of carbonyl (C=O) groups excluding carboxylic acids is 1. The second-order valence-corrected chi connectivity index (χ2v) is 6.44. The third-order valence-corrected chi connectivity index (χ3v) is 5.11. The van der Waals surface area contributed by atoms with Crippen molar-refractivity contribution < 1.29 is 33.6 Å². The first kappa shape index (κ1) is 16.6. The fourth-order valence-corrected chi connectivity index (χ4v) is 3.83. The maximum atomic E-state index is 12.6. The van der Waals surface area contributed by atoms with Gasteiger partial charge in [0.05, 0.1) is 19.8 Å². The van der Waals surface area contributed by atoms with Crippen molar-refractivity contribution in [3.8, 4) is 39.9 Å². The normalized spacial score (nSPS) is 14.1. The van der Waals surface area contributed by atoms with Gasteiger partial charge in [-0.15, -0.1) is 0 Å². The molecule has 7 nitrogen and oxygen atoms in total. The van der Waals surface area contributed by atoms with Gasteiger partial charge >= 0.3 is 5.97 Å². The van der Waals surface area contributed by atoms with Gasteiger partial charge in [-0.2, -0.15) is 0 Å². The standard InChI is InChI=1S/C21H16O7/c1-24-13-5-3-10(7-15(13)25-2)16-17-11(4-6-14-20(17)28-9-27-14)19(22)12-8-26-21(23)18(12)16/h3-7,22H,8-9H2,1-2H3. The molecule has 2 heterocycles. The van der Waals surface area contributed by atoms with E-state index in [9.17, 15) is 9.90 Å². The molecule has 0 aliphatic carbocycles. The van der Waals surface area contributed by atoms with Crippen molar-refractivity contribution in [2.45, 2.75) is 6.61 Å². The van der Waals surface area contributed by atoms with Gasteiger partial charge in [0.25, 0.3) is 0 Å². The van der Waals surface area contributed by atoms with Crippen molar-refractivity contribution in [3.63, 3.8) is 0 Å². The summed E-state index contributed by atoms with van der Waals surface area (Å²) in [4.78, 5) is 12.6. The summed E-state index contributed by atoms with van der Waals surface area (Å²) in [5.41, 5.74) is 2.09. The molecule has 0 saturated carbocycles. The van der Waals surface area contributed by atoms with Crippen LogP contribution in [0.25, 0.3) is 21.9 Å². The second-order valence-electron chi connectivity index (χ2n) is 6.44. The molecule has 0 saturated heterocycles. The van der Waals surface area contributed by atoms with E-state index in [2.05, 4.69) is 0 Å². The van der Waals surface area contributed by atoms with Crippen LogP contribution in [0.3, 0.4) is 0 Å². The Balaban J connectivity index is 1.93. The van der Waals surface area contributed by atoms with E-state index in [0.29, 0.717) is 56.0 Å². The topological polar surface area (TPSA) is 83.5 Å². The van der Waals surface area contributed by atoms with Crippen molar-refractivity contribution in [1.82, 2.24) is 0 Å². The van der Waals surface area contributed by atoms with Gasteiger partial charge in [0.15, 0.2) is 23.0 Å². The number of rotatable bonds is 3. The lowest BCUT2D eigenvalue weighted by Crippen LogP contribution is -2.01. The van der Waals surface area contributed by atoms with Crippen molar-refractivity contribution in [2.75, 3.05) is 21.0 Å². The van der Waals surface area contributed by atoms with Crippen molar-refractivity contribution >= 4 is 16.7 Å². The van der Waals surface area contributed by atoms with Crippen LogP contribution in [-0.2, 0) is 11.3 Å². The van der Waals surface area contributed by atoms with Gasteiger partial charge in [0, 0.05) is 21.9 Å². The molecule has 2 aliphatic heterocycles. The fraction of sp³-hybridized carbons (Fsp3) is 0.190. The number of hydrogen-bond donors (Lipinski definition) is 1. The van der Waals surface area contributed by atoms with E-state index >= 15 is 0 Å². The summed E-state index contributed by atoms with van der Waals surface area (Å²) in [6, 6.07) is 8.87. The van der Waals surface area contributed by atoms with Crippen LogP contribution in [-0.4, -0.2) is 32.1 Å². The minimum atomic E-state index is -0.492. The van der Waals surface area contributed by atoms with E-state index in [1.807, 2.05) is 6.07 Å². The van der Waals surface area contributed by atoms with Crippen LogP contribution < -0.4 is 18.9 Å². The Morgan fingerprint density at radius 2 is 1.79 bits per heavy atom. The first-order chi connectivity index (χ1) is 13.6.